The number of aryl methyl sites for hydroxylation is 2. The Bertz CT molecular complexity index is 903. The van der Waals surface area contributed by atoms with E-state index < -0.39 is 0 Å². The molecule has 0 N–H and O–H groups in total. The fraction of sp³-hybridized carbons (Fsp3) is 0.400. The molecule has 0 radical (unpaired) electrons. The van der Waals surface area contributed by atoms with Crippen LogP contribution in [0, 0.1) is 0 Å². The summed E-state index contributed by atoms with van der Waals surface area (Å²) in [5.41, 5.74) is 8.56. The SMILES string of the molecule is COc1ccc2c(c1)C(=C1CCN(CCC(C)=O)CC1)c1ccccc1CC2. The second kappa shape index (κ2) is 8.32. The molecule has 2 aromatic carbocycles. The number of carbonyl (C=O) groups is 1. The van der Waals surface area contributed by atoms with Crippen molar-refractivity contribution in [3.8, 4) is 5.75 Å². The van der Waals surface area contributed by atoms with Gasteiger partial charge in [-0.05, 0) is 72.6 Å². The molecular formula is C25H29NO2. The van der Waals surface area contributed by atoms with Gasteiger partial charge in [0.1, 0.15) is 11.5 Å². The fourth-order valence-electron chi connectivity index (χ4n) is 4.52. The summed E-state index contributed by atoms with van der Waals surface area (Å²) in [5, 5.41) is 0. The molecule has 1 fully saturated rings. The van der Waals surface area contributed by atoms with Crippen molar-refractivity contribution >= 4 is 11.4 Å². The fourth-order valence-corrected chi connectivity index (χ4v) is 4.52. The van der Waals surface area contributed by atoms with E-state index in [2.05, 4.69) is 47.4 Å². The lowest BCUT2D eigenvalue weighted by Crippen LogP contribution is -2.32. The van der Waals surface area contributed by atoms with E-state index in [-0.39, 0.29) is 5.78 Å². The predicted octanol–water partition coefficient (Wildman–Crippen LogP) is 4.67. The van der Waals surface area contributed by atoms with Gasteiger partial charge in [0.15, 0.2) is 0 Å². The van der Waals surface area contributed by atoms with E-state index in [1.54, 1.807) is 19.6 Å². The Morgan fingerprint density at radius 3 is 2.39 bits per heavy atom. The van der Waals surface area contributed by atoms with E-state index in [1.807, 2.05) is 0 Å². The number of Topliss-reactive ketones (excluding diaryl/α,β-unsaturated/α-hetero) is 1. The van der Waals surface area contributed by atoms with Crippen LogP contribution in [0.25, 0.3) is 5.57 Å². The van der Waals surface area contributed by atoms with Crippen molar-refractivity contribution in [1.82, 2.24) is 4.90 Å². The van der Waals surface area contributed by atoms with Gasteiger partial charge in [-0.3, -0.25) is 4.79 Å². The van der Waals surface area contributed by atoms with Crippen molar-refractivity contribution in [2.75, 3.05) is 26.7 Å². The van der Waals surface area contributed by atoms with Gasteiger partial charge in [0.05, 0.1) is 7.11 Å². The van der Waals surface area contributed by atoms with Crippen molar-refractivity contribution in [3.63, 3.8) is 0 Å². The van der Waals surface area contributed by atoms with Gasteiger partial charge in [0.2, 0.25) is 0 Å². The Morgan fingerprint density at radius 1 is 0.964 bits per heavy atom. The van der Waals surface area contributed by atoms with Crippen LogP contribution in [0.15, 0.2) is 48.0 Å². The van der Waals surface area contributed by atoms with Crippen molar-refractivity contribution in [3.05, 3.63) is 70.3 Å². The first kappa shape index (κ1) is 18.9. The van der Waals surface area contributed by atoms with Crippen LogP contribution >= 0.6 is 0 Å². The molecule has 0 bridgehead atoms. The highest BCUT2D eigenvalue weighted by atomic mass is 16.5. The number of rotatable bonds is 4. The first-order chi connectivity index (χ1) is 13.7. The number of benzene rings is 2. The molecule has 3 heteroatoms. The van der Waals surface area contributed by atoms with E-state index in [0.717, 1.165) is 51.1 Å². The molecule has 0 unspecified atom stereocenters. The summed E-state index contributed by atoms with van der Waals surface area (Å²) in [6.45, 7) is 4.64. The minimum Gasteiger partial charge on any atom is -0.497 e. The maximum absolute atomic E-state index is 11.3. The van der Waals surface area contributed by atoms with Gasteiger partial charge in [-0.25, -0.2) is 0 Å². The first-order valence-electron chi connectivity index (χ1n) is 10.3. The lowest BCUT2D eigenvalue weighted by molar-refractivity contribution is -0.117. The lowest BCUT2D eigenvalue weighted by atomic mass is 9.86. The first-order valence-corrected chi connectivity index (χ1v) is 10.3. The Labute approximate surface area is 168 Å². The average Bonchev–Trinajstić information content (AvgIpc) is 2.89. The third-order valence-corrected chi connectivity index (χ3v) is 6.13. The quantitative estimate of drug-likeness (QED) is 0.778. The molecule has 0 spiro atoms. The van der Waals surface area contributed by atoms with Crippen LogP contribution in [0.1, 0.15) is 48.4 Å². The minimum atomic E-state index is 0.280. The zero-order valence-corrected chi connectivity index (χ0v) is 17.0. The molecule has 0 saturated carbocycles. The zero-order chi connectivity index (χ0) is 19.5. The van der Waals surface area contributed by atoms with E-state index in [1.165, 1.54) is 27.8 Å². The normalized spacial score (nSPS) is 16.9. The second-order valence-electron chi connectivity index (χ2n) is 7.95. The molecule has 2 aromatic rings. The van der Waals surface area contributed by atoms with E-state index in [0.29, 0.717) is 6.42 Å². The van der Waals surface area contributed by atoms with Crippen molar-refractivity contribution in [2.24, 2.45) is 0 Å². The topological polar surface area (TPSA) is 29.5 Å². The van der Waals surface area contributed by atoms with E-state index in [4.69, 9.17) is 4.74 Å². The third kappa shape index (κ3) is 3.90. The number of nitrogens with zero attached hydrogens (tertiary/aromatic N) is 1. The standard InChI is InChI=1S/C25H29NO2/c1-18(27)11-14-26-15-12-21(13-16-26)25-23-6-4-3-5-19(23)7-8-20-9-10-22(28-2)17-24(20)25/h3-6,9-10,17H,7-8,11-16H2,1-2H3. The number of ether oxygens (including phenoxy) is 1. The van der Waals surface area contributed by atoms with E-state index >= 15 is 0 Å². The Morgan fingerprint density at radius 2 is 1.68 bits per heavy atom. The largest absolute Gasteiger partial charge is 0.497 e. The monoisotopic (exact) mass is 375 g/mol. The van der Waals surface area contributed by atoms with Crippen LogP contribution in [0.5, 0.6) is 5.75 Å². The van der Waals surface area contributed by atoms with Crippen molar-refractivity contribution in [2.45, 2.75) is 39.0 Å². The molecule has 1 aliphatic carbocycles. The summed E-state index contributed by atoms with van der Waals surface area (Å²) < 4.78 is 5.55. The molecular weight excluding hydrogens is 346 g/mol. The van der Waals surface area contributed by atoms with Crippen molar-refractivity contribution < 1.29 is 9.53 Å². The second-order valence-corrected chi connectivity index (χ2v) is 7.95. The molecule has 1 aliphatic heterocycles. The van der Waals surface area contributed by atoms with Crippen LogP contribution in [0.3, 0.4) is 0 Å². The molecule has 1 saturated heterocycles. The Kier molecular flexibility index (Phi) is 5.63. The summed E-state index contributed by atoms with van der Waals surface area (Å²) in [7, 11) is 1.74. The molecule has 3 nitrogen and oxygen atoms in total. The Hall–Kier alpha value is -2.39. The molecule has 1 heterocycles. The zero-order valence-electron chi connectivity index (χ0n) is 17.0. The average molecular weight is 376 g/mol. The van der Waals surface area contributed by atoms with Crippen LogP contribution < -0.4 is 4.74 Å². The van der Waals surface area contributed by atoms with Gasteiger partial charge in [-0.1, -0.05) is 35.9 Å². The predicted molar refractivity (Wildman–Crippen MR) is 114 cm³/mol. The summed E-state index contributed by atoms with van der Waals surface area (Å²) in [6.07, 6.45) is 4.94. The van der Waals surface area contributed by atoms with Gasteiger partial charge in [0.25, 0.3) is 0 Å². The molecule has 28 heavy (non-hydrogen) atoms. The molecule has 0 aromatic heterocycles. The number of carbonyl (C=O) groups excluding carboxylic acids is 1. The molecule has 146 valence electrons. The molecule has 0 atom stereocenters. The smallest absolute Gasteiger partial charge is 0.131 e. The summed E-state index contributed by atoms with van der Waals surface area (Å²) in [6, 6.07) is 15.4. The Balaban J connectivity index is 1.73. The highest BCUT2D eigenvalue weighted by molar-refractivity contribution is 5.86. The van der Waals surface area contributed by atoms with Gasteiger partial charge in [-0.15, -0.1) is 0 Å². The van der Waals surface area contributed by atoms with Gasteiger partial charge >= 0.3 is 0 Å². The number of likely N-dealkylation sites (tertiary alicyclic amines) is 1. The van der Waals surface area contributed by atoms with Crippen LogP contribution in [-0.2, 0) is 17.6 Å². The highest BCUT2D eigenvalue weighted by Gasteiger charge is 2.24. The number of fused-ring (bicyclic) bond motifs is 2. The van der Waals surface area contributed by atoms with Gasteiger partial charge in [0, 0.05) is 26.1 Å². The lowest BCUT2D eigenvalue weighted by Gasteiger charge is -2.30. The number of hydrogen-bond acceptors (Lipinski definition) is 3. The third-order valence-electron chi connectivity index (χ3n) is 6.13. The van der Waals surface area contributed by atoms with E-state index in [9.17, 15) is 4.79 Å². The van der Waals surface area contributed by atoms with Crippen molar-refractivity contribution in [1.29, 1.82) is 0 Å². The molecule has 4 rings (SSSR count). The maximum atomic E-state index is 11.3. The molecule has 0 amide bonds. The van der Waals surface area contributed by atoms with Gasteiger partial charge in [-0.2, -0.15) is 0 Å². The molecule has 2 aliphatic rings. The summed E-state index contributed by atoms with van der Waals surface area (Å²) in [5.74, 6) is 1.21. The van der Waals surface area contributed by atoms with Gasteiger partial charge < -0.3 is 9.64 Å². The number of piperidine rings is 1. The van der Waals surface area contributed by atoms with Crippen LogP contribution in [-0.4, -0.2) is 37.4 Å². The van der Waals surface area contributed by atoms with Crippen LogP contribution in [0.2, 0.25) is 0 Å². The highest BCUT2D eigenvalue weighted by Crippen LogP contribution is 2.39. The summed E-state index contributed by atoms with van der Waals surface area (Å²) in [4.78, 5) is 13.8. The number of ketones is 1. The number of hydrogen-bond donors (Lipinski definition) is 0. The minimum absolute atomic E-state index is 0.280. The maximum Gasteiger partial charge on any atom is 0.131 e. The summed E-state index contributed by atoms with van der Waals surface area (Å²) >= 11 is 0. The van der Waals surface area contributed by atoms with Crippen LogP contribution in [0.4, 0.5) is 0 Å². The number of methoxy groups -OCH3 is 1.